The third-order valence-corrected chi connectivity index (χ3v) is 3.15. The molecule has 0 saturated carbocycles. The van der Waals surface area contributed by atoms with E-state index >= 15 is 0 Å². The number of hydrogen-bond donors (Lipinski definition) is 2. The minimum absolute atomic E-state index is 0. The highest BCUT2D eigenvalue weighted by Gasteiger charge is 2.16. The van der Waals surface area contributed by atoms with Crippen LogP contribution in [0.2, 0.25) is 0 Å². The Balaban J connectivity index is 0.00000220. The topological polar surface area (TPSA) is 106 Å². The molecule has 0 unspecified atom stereocenters. The summed E-state index contributed by atoms with van der Waals surface area (Å²) in [7, 11) is 0. The fraction of sp³-hybridized carbons (Fsp3) is 0.500. The Labute approximate surface area is 127 Å². The van der Waals surface area contributed by atoms with Gasteiger partial charge in [0.1, 0.15) is 6.54 Å². The van der Waals surface area contributed by atoms with E-state index in [1.165, 1.54) is 0 Å². The number of hydrogen-bond acceptors (Lipinski definition) is 5. The molecule has 0 aromatic carbocycles. The van der Waals surface area contributed by atoms with Crippen LogP contribution in [-0.4, -0.2) is 34.5 Å². The Morgan fingerprint density at radius 1 is 1.52 bits per heavy atom. The van der Waals surface area contributed by atoms with Gasteiger partial charge in [-0.1, -0.05) is 0 Å². The first-order valence-electron chi connectivity index (χ1n) is 6.41. The molecule has 2 rings (SSSR count). The Hall–Kier alpha value is -1.93. The second-order valence-electron chi connectivity index (χ2n) is 4.72. The summed E-state index contributed by atoms with van der Waals surface area (Å²) in [6.45, 7) is 1.43. The zero-order chi connectivity index (χ0) is 14.5. The van der Waals surface area contributed by atoms with Gasteiger partial charge >= 0.3 is 0 Å². The van der Waals surface area contributed by atoms with Crippen molar-refractivity contribution in [3.05, 3.63) is 38.8 Å². The maximum Gasteiger partial charge on any atom is 0.285 e. The lowest BCUT2D eigenvalue weighted by atomic mass is 10.1. The molecule has 1 saturated heterocycles. The highest BCUT2D eigenvalue weighted by Crippen LogP contribution is 2.06. The maximum absolute atomic E-state index is 11.8. The fourth-order valence-electron chi connectivity index (χ4n) is 2.15. The molecule has 1 amide bonds. The monoisotopic (exact) mass is 316 g/mol. The number of nitrogens with one attached hydrogen (secondary N) is 2. The van der Waals surface area contributed by atoms with Gasteiger partial charge in [-0.25, -0.2) is 0 Å². The molecule has 1 aliphatic rings. The molecule has 2 heterocycles. The number of amides is 1. The summed E-state index contributed by atoms with van der Waals surface area (Å²) in [5.41, 5.74) is -0.649. The van der Waals surface area contributed by atoms with Gasteiger partial charge in [0.05, 0.1) is 11.1 Å². The van der Waals surface area contributed by atoms with Crippen LogP contribution in [0.5, 0.6) is 0 Å². The number of aromatic nitrogens is 1. The van der Waals surface area contributed by atoms with Gasteiger partial charge in [-0.15, -0.1) is 12.4 Å². The van der Waals surface area contributed by atoms with Crippen LogP contribution in [-0.2, 0) is 11.3 Å². The highest BCUT2D eigenvalue weighted by molar-refractivity contribution is 5.85. The third kappa shape index (κ3) is 4.83. The normalized spacial score (nSPS) is 17.6. The van der Waals surface area contributed by atoms with Gasteiger partial charge in [-0.3, -0.25) is 24.3 Å². The lowest BCUT2D eigenvalue weighted by Gasteiger charge is -2.23. The first kappa shape index (κ1) is 17.1. The van der Waals surface area contributed by atoms with E-state index in [1.807, 2.05) is 0 Å². The Kier molecular flexibility index (Phi) is 6.32. The smallest absolute Gasteiger partial charge is 0.285 e. The molecule has 1 aromatic heterocycles. The standard InChI is InChI=1S/C12H16N4O4.ClH/c17-11(14-9-2-1-5-13-6-9)8-15-7-10(16(19)20)3-4-12(15)18;/h3-4,7,9,13H,1-2,5-6,8H2,(H,14,17);1H/t9-;/m0./s1. The van der Waals surface area contributed by atoms with Gasteiger partial charge in [0.15, 0.2) is 0 Å². The molecule has 8 nitrogen and oxygen atoms in total. The Bertz CT molecular complexity index is 569. The van der Waals surface area contributed by atoms with Crippen LogP contribution >= 0.6 is 12.4 Å². The summed E-state index contributed by atoms with van der Waals surface area (Å²) in [5.74, 6) is -0.318. The van der Waals surface area contributed by atoms with Crippen molar-refractivity contribution in [1.29, 1.82) is 0 Å². The van der Waals surface area contributed by atoms with Crippen LogP contribution in [0.15, 0.2) is 23.1 Å². The summed E-state index contributed by atoms with van der Waals surface area (Å²) >= 11 is 0. The summed E-state index contributed by atoms with van der Waals surface area (Å²) < 4.78 is 1.05. The number of nitro groups is 1. The largest absolute Gasteiger partial charge is 0.351 e. The highest BCUT2D eigenvalue weighted by atomic mass is 35.5. The minimum Gasteiger partial charge on any atom is -0.351 e. The summed E-state index contributed by atoms with van der Waals surface area (Å²) in [5, 5.41) is 16.6. The number of piperidine rings is 1. The van der Waals surface area contributed by atoms with Crippen LogP contribution in [0.3, 0.4) is 0 Å². The molecule has 21 heavy (non-hydrogen) atoms. The van der Waals surface area contributed by atoms with E-state index in [0.29, 0.717) is 6.54 Å². The van der Waals surface area contributed by atoms with E-state index < -0.39 is 10.5 Å². The van der Waals surface area contributed by atoms with E-state index in [4.69, 9.17) is 0 Å². The van der Waals surface area contributed by atoms with Crippen LogP contribution < -0.4 is 16.2 Å². The summed E-state index contributed by atoms with van der Waals surface area (Å²) in [6.07, 6.45) is 2.96. The molecule has 2 N–H and O–H groups in total. The molecule has 0 spiro atoms. The molecule has 1 aromatic rings. The lowest BCUT2D eigenvalue weighted by Crippen LogP contribution is -2.47. The SMILES string of the molecule is Cl.O=C(Cn1cc([N+](=O)[O-])ccc1=O)N[C@H]1CCCNC1. The van der Waals surface area contributed by atoms with Crippen molar-refractivity contribution in [3.8, 4) is 0 Å². The third-order valence-electron chi connectivity index (χ3n) is 3.15. The number of rotatable bonds is 4. The van der Waals surface area contributed by atoms with E-state index in [9.17, 15) is 19.7 Å². The molecule has 1 atom stereocenters. The number of pyridine rings is 1. The quantitative estimate of drug-likeness (QED) is 0.603. The predicted molar refractivity (Wildman–Crippen MR) is 78.6 cm³/mol. The second kappa shape index (κ2) is 7.75. The second-order valence-corrected chi connectivity index (χ2v) is 4.72. The van der Waals surface area contributed by atoms with Gasteiger partial charge in [0.2, 0.25) is 5.91 Å². The molecule has 116 valence electrons. The van der Waals surface area contributed by atoms with Gasteiger partial charge in [0.25, 0.3) is 11.2 Å². The molecule has 1 fully saturated rings. The van der Waals surface area contributed by atoms with Crippen molar-refractivity contribution in [3.63, 3.8) is 0 Å². The van der Waals surface area contributed by atoms with E-state index in [2.05, 4.69) is 10.6 Å². The van der Waals surface area contributed by atoms with Crippen LogP contribution in [0.4, 0.5) is 5.69 Å². The number of carbonyl (C=O) groups excluding carboxylic acids is 1. The van der Waals surface area contributed by atoms with Gasteiger partial charge in [0, 0.05) is 24.7 Å². The molecule has 0 aliphatic carbocycles. The molecular weight excluding hydrogens is 300 g/mol. The molecular formula is C12H17ClN4O4. The number of carbonyl (C=O) groups is 1. The fourth-order valence-corrected chi connectivity index (χ4v) is 2.15. The maximum atomic E-state index is 11.8. The molecule has 1 aliphatic heterocycles. The zero-order valence-electron chi connectivity index (χ0n) is 11.3. The zero-order valence-corrected chi connectivity index (χ0v) is 12.1. The summed E-state index contributed by atoms with van der Waals surface area (Å²) in [4.78, 5) is 33.5. The average Bonchev–Trinajstić information content (AvgIpc) is 2.42. The van der Waals surface area contributed by atoms with E-state index in [-0.39, 0.29) is 36.6 Å². The minimum atomic E-state index is -0.598. The van der Waals surface area contributed by atoms with Gasteiger partial charge < -0.3 is 10.6 Å². The average molecular weight is 317 g/mol. The molecule has 0 bridgehead atoms. The van der Waals surface area contributed by atoms with Crippen molar-refractivity contribution in [2.45, 2.75) is 25.4 Å². The first-order chi connectivity index (χ1) is 9.56. The van der Waals surface area contributed by atoms with Crippen LogP contribution in [0.25, 0.3) is 0 Å². The van der Waals surface area contributed by atoms with Gasteiger partial charge in [-0.2, -0.15) is 0 Å². The van der Waals surface area contributed by atoms with Crippen molar-refractivity contribution < 1.29 is 9.72 Å². The number of halogens is 1. The van der Waals surface area contributed by atoms with Crippen molar-refractivity contribution >= 4 is 24.0 Å². The van der Waals surface area contributed by atoms with Crippen molar-refractivity contribution in [2.75, 3.05) is 13.1 Å². The van der Waals surface area contributed by atoms with Crippen molar-refractivity contribution in [2.24, 2.45) is 0 Å². The Morgan fingerprint density at radius 3 is 2.90 bits per heavy atom. The predicted octanol–water partition coefficient (Wildman–Crippen LogP) is 0.0465. The lowest BCUT2D eigenvalue weighted by molar-refractivity contribution is -0.385. The molecule has 9 heteroatoms. The Morgan fingerprint density at radius 2 is 2.29 bits per heavy atom. The van der Waals surface area contributed by atoms with Crippen molar-refractivity contribution in [1.82, 2.24) is 15.2 Å². The number of nitrogens with zero attached hydrogens (tertiary/aromatic N) is 2. The van der Waals surface area contributed by atoms with Crippen LogP contribution in [0.1, 0.15) is 12.8 Å². The molecule has 0 radical (unpaired) electrons. The summed E-state index contributed by atoms with van der Waals surface area (Å²) in [6, 6.07) is 2.26. The van der Waals surface area contributed by atoms with Gasteiger partial charge in [-0.05, 0) is 19.4 Å². The first-order valence-corrected chi connectivity index (χ1v) is 6.41. The van der Waals surface area contributed by atoms with E-state index in [0.717, 1.165) is 42.3 Å². The van der Waals surface area contributed by atoms with E-state index in [1.54, 1.807) is 0 Å². The van der Waals surface area contributed by atoms with Crippen LogP contribution in [0, 0.1) is 10.1 Å².